The lowest BCUT2D eigenvalue weighted by Crippen LogP contribution is -2.46. The van der Waals surface area contributed by atoms with E-state index in [0.717, 1.165) is 17.4 Å². The van der Waals surface area contributed by atoms with Crippen LogP contribution in [-0.2, 0) is 9.47 Å². The van der Waals surface area contributed by atoms with E-state index in [2.05, 4.69) is 14.1 Å². The third-order valence-electron chi connectivity index (χ3n) is 3.04. The average Bonchev–Trinajstić information content (AvgIpc) is 2.38. The Morgan fingerprint density at radius 3 is 2.44 bits per heavy atom. The van der Waals surface area contributed by atoms with Crippen LogP contribution in [-0.4, -0.2) is 49.5 Å². The molecule has 0 amide bonds. The highest BCUT2D eigenvalue weighted by Crippen LogP contribution is 2.22. The van der Waals surface area contributed by atoms with E-state index in [0.29, 0.717) is 12.6 Å². The molecule has 1 atom stereocenters. The summed E-state index contributed by atoms with van der Waals surface area (Å²) in [7, 11) is 4.35. The molecule has 0 aromatic rings. The SMILES string of the molecule is CC(C)(C)OC(=O)OC[C@@H]1CCC[N+]1(C)C. The number of carbonyl (C=O) groups is 1. The molecule has 4 heteroatoms. The molecule has 1 fully saturated rings. The monoisotopic (exact) mass is 230 g/mol. The molecular formula is C12H24NO3+. The van der Waals surface area contributed by atoms with E-state index in [1.807, 2.05) is 20.8 Å². The Kier molecular flexibility index (Phi) is 3.84. The minimum absolute atomic E-state index is 0.410. The Morgan fingerprint density at radius 1 is 1.38 bits per heavy atom. The molecule has 1 saturated heterocycles. The second kappa shape index (κ2) is 4.62. The van der Waals surface area contributed by atoms with E-state index in [-0.39, 0.29) is 0 Å². The van der Waals surface area contributed by atoms with Crippen molar-refractivity contribution < 1.29 is 18.8 Å². The quantitative estimate of drug-likeness (QED) is 0.539. The number of rotatable bonds is 2. The summed E-state index contributed by atoms with van der Waals surface area (Å²) in [5, 5.41) is 0. The van der Waals surface area contributed by atoms with Gasteiger partial charge in [0.25, 0.3) is 0 Å². The van der Waals surface area contributed by atoms with Crippen molar-refractivity contribution in [3.63, 3.8) is 0 Å². The lowest BCUT2D eigenvalue weighted by molar-refractivity contribution is -0.902. The highest BCUT2D eigenvalue weighted by Gasteiger charge is 2.35. The lowest BCUT2D eigenvalue weighted by atomic mass is 10.2. The minimum Gasteiger partial charge on any atom is -0.429 e. The van der Waals surface area contributed by atoms with Crippen molar-refractivity contribution in [3.05, 3.63) is 0 Å². The molecule has 0 aromatic heterocycles. The second-order valence-corrected chi connectivity index (χ2v) is 6.07. The number of likely N-dealkylation sites (tertiary alicyclic amines) is 1. The van der Waals surface area contributed by atoms with Gasteiger partial charge in [-0.3, -0.25) is 0 Å². The van der Waals surface area contributed by atoms with Gasteiger partial charge in [0.2, 0.25) is 0 Å². The Balaban J connectivity index is 2.32. The van der Waals surface area contributed by atoms with Gasteiger partial charge in [-0.25, -0.2) is 4.79 Å². The van der Waals surface area contributed by atoms with Crippen molar-refractivity contribution in [1.29, 1.82) is 0 Å². The van der Waals surface area contributed by atoms with Crippen LogP contribution in [0.3, 0.4) is 0 Å². The van der Waals surface area contributed by atoms with E-state index < -0.39 is 11.8 Å². The first-order valence-electron chi connectivity index (χ1n) is 5.89. The molecule has 1 rings (SSSR count). The molecule has 0 N–H and O–H groups in total. The number of nitrogens with zero attached hydrogens (tertiary/aromatic N) is 1. The third-order valence-corrected chi connectivity index (χ3v) is 3.04. The molecule has 0 unspecified atom stereocenters. The normalized spacial score (nSPS) is 24.2. The summed E-state index contributed by atoms with van der Waals surface area (Å²) in [5.74, 6) is 0. The fraction of sp³-hybridized carbons (Fsp3) is 0.917. The molecule has 1 aliphatic rings. The average molecular weight is 230 g/mol. The molecule has 94 valence electrons. The predicted molar refractivity (Wildman–Crippen MR) is 62.2 cm³/mol. The van der Waals surface area contributed by atoms with Crippen molar-refractivity contribution in [2.45, 2.75) is 45.3 Å². The van der Waals surface area contributed by atoms with Crippen LogP contribution in [0.1, 0.15) is 33.6 Å². The van der Waals surface area contributed by atoms with Crippen LogP contribution in [0.4, 0.5) is 4.79 Å². The Hall–Kier alpha value is -0.770. The molecule has 1 heterocycles. The van der Waals surface area contributed by atoms with Gasteiger partial charge >= 0.3 is 6.16 Å². The maximum absolute atomic E-state index is 11.4. The van der Waals surface area contributed by atoms with Gasteiger partial charge in [-0.2, -0.15) is 0 Å². The van der Waals surface area contributed by atoms with Crippen LogP contribution in [0.25, 0.3) is 0 Å². The summed E-state index contributed by atoms with van der Waals surface area (Å²) in [6, 6.07) is 0.410. The van der Waals surface area contributed by atoms with Gasteiger partial charge in [-0.05, 0) is 20.8 Å². The largest absolute Gasteiger partial charge is 0.509 e. The van der Waals surface area contributed by atoms with E-state index in [9.17, 15) is 4.79 Å². The van der Waals surface area contributed by atoms with Crippen LogP contribution >= 0.6 is 0 Å². The summed E-state index contributed by atoms with van der Waals surface area (Å²) in [6.45, 7) is 7.13. The van der Waals surface area contributed by atoms with Crippen molar-refractivity contribution in [3.8, 4) is 0 Å². The zero-order chi connectivity index (χ0) is 12.4. The van der Waals surface area contributed by atoms with Crippen molar-refractivity contribution in [2.75, 3.05) is 27.2 Å². The Bertz CT molecular complexity index is 255. The van der Waals surface area contributed by atoms with Gasteiger partial charge in [0.15, 0.2) is 0 Å². The summed E-state index contributed by atoms with van der Waals surface area (Å²) < 4.78 is 11.2. The first kappa shape index (κ1) is 13.3. The van der Waals surface area contributed by atoms with E-state index in [1.165, 1.54) is 6.42 Å². The van der Waals surface area contributed by atoms with Gasteiger partial charge in [0, 0.05) is 12.8 Å². The number of likely N-dealkylation sites (N-methyl/N-ethyl adjacent to an activating group) is 1. The summed E-state index contributed by atoms with van der Waals surface area (Å²) in [6.07, 6.45) is 1.77. The Labute approximate surface area is 98.1 Å². The lowest BCUT2D eigenvalue weighted by Gasteiger charge is -2.31. The van der Waals surface area contributed by atoms with Crippen molar-refractivity contribution in [1.82, 2.24) is 0 Å². The number of hydrogen-bond acceptors (Lipinski definition) is 3. The predicted octanol–water partition coefficient (Wildman–Crippen LogP) is 2.18. The number of carbonyl (C=O) groups excluding carboxylic acids is 1. The van der Waals surface area contributed by atoms with E-state index in [4.69, 9.17) is 9.47 Å². The molecule has 0 saturated carbocycles. The van der Waals surface area contributed by atoms with Crippen LogP contribution in [0.15, 0.2) is 0 Å². The summed E-state index contributed by atoms with van der Waals surface area (Å²) >= 11 is 0. The zero-order valence-corrected chi connectivity index (χ0v) is 11.1. The summed E-state index contributed by atoms with van der Waals surface area (Å²) in [4.78, 5) is 11.4. The number of quaternary nitrogens is 1. The smallest absolute Gasteiger partial charge is 0.429 e. The van der Waals surface area contributed by atoms with Gasteiger partial charge in [0.1, 0.15) is 18.2 Å². The Morgan fingerprint density at radius 2 is 2.00 bits per heavy atom. The van der Waals surface area contributed by atoms with Crippen LogP contribution in [0.5, 0.6) is 0 Å². The second-order valence-electron chi connectivity index (χ2n) is 6.07. The zero-order valence-electron chi connectivity index (χ0n) is 11.1. The van der Waals surface area contributed by atoms with Crippen molar-refractivity contribution in [2.24, 2.45) is 0 Å². The van der Waals surface area contributed by atoms with Gasteiger partial charge in [-0.1, -0.05) is 0 Å². The first-order valence-corrected chi connectivity index (χ1v) is 5.89. The maximum Gasteiger partial charge on any atom is 0.509 e. The van der Waals surface area contributed by atoms with Gasteiger partial charge in [-0.15, -0.1) is 0 Å². The molecule has 0 radical (unpaired) electrons. The van der Waals surface area contributed by atoms with Gasteiger partial charge in [0.05, 0.1) is 20.6 Å². The summed E-state index contributed by atoms with van der Waals surface area (Å²) in [5.41, 5.74) is -0.475. The maximum atomic E-state index is 11.4. The molecule has 4 nitrogen and oxygen atoms in total. The number of hydrogen-bond donors (Lipinski definition) is 0. The first-order chi connectivity index (χ1) is 7.21. The van der Waals surface area contributed by atoms with Crippen LogP contribution in [0.2, 0.25) is 0 Å². The third kappa shape index (κ3) is 4.00. The molecule has 0 aliphatic carbocycles. The fourth-order valence-corrected chi connectivity index (χ4v) is 2.00. The standard InChI is InChI=1S/C12H24NO3/c1-12(2,3)16-11(14)15-9-10-7-6-8-13(10,4)5/h10H,6-9H2,1-5H3/q+1/t10-/m0/s1. The topological polar surface area (TPSA) is 35.5 Å². The van der Waals surface area contributed by atoms with E-state index in [1.54, 1.807) is 0 Å². The highest BCUT2D eigenvalue weighted by atomic mass is 16.7. The van der Waals surface area contributed by atoms with Crippen LogP contribution in [0, 0.1) is 0 Å². The molecule has 0 bridgehead atoms. The molecular weight excluding hydrogens is 206 g/mol. The van der Waals surface area contributed by atoms with Crippen molar-refractivity contribution >= 4 is 6.16 Å². The number of ether oxygens (including phenoxy) is 2. The molecule has 0 spiro atoms. The fourth-order valence-electron chi connectivity index (χ4n) is 2.00. The van der Waals surface area contributed by atoms with Crippen LogP contribution < -0.4 is 0 Å². The highest BCUT2D eigenvalue weighted by molar-refractivity contribution is 5.60. The molecule has 1 aliphatic heterocycles. The molecule has 16 heavy (non-hydrogen) atoms. The van der Waals surface area contributed by atoms with Gasteiger partial charge < -0.3 is 14.0 Å². The van der Waals surface area contributed by atoms with E-state index >= 15 is 0 Å². The molecule has 0 aromatic carbocycles. The minimum atomic E-state index is -0.556.